The van der Waals surface area contributed by atoms with E-state index in [0.717, 1.165) is 27.5 Å². The summed E-state index contributed by atoms with van der Waals surface area (Å²) in [4.78, 5) is 43.0. The van der Waals surface area contributed by atoms with Gasteiger partial charge in [0.15, 0.2) is 6.29 Å². The van der Waals surface area contributed by atoms with Crippen LogP contribution in [0.3, 0.4) is 0 Å². The third-order valence-corrected chi connectivity index (χ3v) is 8.69. The molecule has 284 valence electrons. The molecule has 4 aromatic carbocycles. The largest absolute Gasteiger partial charge is 0.488 e. The molecule has 0 heterocycles. The molecule has 0 saturated carbocycles. The van der Waals surface area contributed by atoms with E-state index in [1.165, 1.54) is 10.0 Å². The van der Waals surface area contributed by atoms with Gasteiger partial charge in [0.05, 0.1) is 19.1 Å². The number of hydrazine groups is 1. The molecule has 11 heteroatoms. The molecule has 0 unspecified atom stereocenters. The van der Waals surface area contributed by atoms with E-state index in [0.29, 0.717) is 19.0 Å². The zero-order chi connectivity index (χ0) is 38.5. The van der Waals surface area contributed by atoms with Crippen molar-refractivity contribution in [2.45, 2.75) is 85.0 Å². The van der Waals surface area contributed by atoms with Crippen molar-refractivity contribution in [3.63, 3.8) is 0 Å². The lowest BCUT2D eigenvalue weighted by Gasteiger charge is -2.37. The molecular weight excluding hydrogens is 670 g/mol. The van der Waals surface area contributed by atoms with Gasteiger partial charge < -0.3 is 30.2 Å². The summed E-state index contributed by atoms with van der Waals surface area (Å²) in [5, 5.41) is 7.83. The third-order valence-electron chi connectivity index (χ3n) is 8.69. The first kappa shape index (κ1) is 40.8. The van der Waals surface area contributed by atoms with Crippen LogP contribution in [0.5, 0.6) is 5.75 Å². The van der Waals surface area contributed by atoms with Gasteiger partial charge in [-0.2, -0.15) is 0 Å². The molecule has 4 amide bonds. The smallest absolute Gasteiger partial charge is 0.329 e. The van der Waals surface area contributed by atoms with Crippen molar-refractivity contribution >= 4 is 28.6 Å². The number of likely N-dealkylation sites (N-methyl/N-ethyl adjacent to an activating group) is 1. The number of urea groups is 1. The van der Waals surface area contributed by atoms with Gasteiger partial charge in [-0.1, -0.05) is 84.9 Å². The Morgan fingerprint density at radius 2 is 1.42 bits per heavy atom. The summed E-state index contributed by atoms with van der Waals surface area (Å²) < 4.78 is 18.0. The lowest BCUT2D eigenvalue weighted by molar-refractivity contribution is -0.179. The molecule has 0 aromatic heterocycles. The van der Waals surface area contributed by atoms with Gasteiger partial charge in [0.2, 0.25) is 11.8 Å². The highest BCUT2D eigenvalue weighted by Gasteiger charge is 2.34. The fraction of sp³-hybridized carbons (Fsp3) is 0.405. The average molecular weight is 726 g/mol. The molecule has 2 atom stereocenters. The van der Waals surface area contributed by atoms with Crippen molar-refractivity contribution in [1.29, 1.82) is 0 Å². The first-order valence-electron chi connectivity index (χ1n) is 18.2. The molecule has 0 aliphatic carbocycles. The predicted molar refractivity (Wildman–Crippen MR) is 208 cm³/mol. The van der Waals surface area contributed by atoms with E-state index in [4.69, 9.17) is 19.9 Å². The maximum absolute atomic E-state index is 15.0. The summed E-state index contributed by atoms with van der Waals surface area (Å²) in [6, 6.07) is 28.7. The molecule has 0 spiro atoms. The Morgan fingerprint density at radius 3 is 2.04 bits per heavy atom. The molecule has 0 fully saturated rings. The van der Waals surface area contributed by atoms with Crippen LogP contribution < -0.4 is 15.8 Å². The van der Waals surface area contributed by atoms with Gasteiger partial charge in [-0.25, -0.2) is 9.80 Å². The number of amides is 4. The molecular formula is C42H55N5O6. The molecule has 53 heavy (non-hydrogen) atoms. The van der Waals surface area contributed by atoms with Crippen molar-refractivity contribution in [3.05, 3.63) is 114 Å². The van der Waals surface area contributed by atoms with Crippen LogP contribution in [0.15, 0.2) is 97.1 Å². The van der Waals surface area contributed by atoms with E-state index >= 15 is 0 Å². The topological polar surface area (TPSA) is 127 Å². The van der Waals surface area contributed by atoms with Crippen molar-refractivity contribution in [2.24, 2.45) is 5.73 Å². The maximum atomic E-state index is 15.0. The summed E-state index contributed by atoms with van der Waals surface area (Å²) in [5.74, 6) is -0.0686. The van der Waals surface area contributed by atoms with Gasteiger partial charge in [0, 0.05) is 33.2 Å². The van der Waals surface area contributed by atoms with Crippen LogP contribution in [0.1, 0.15) is 58.2 Å². The molecule has 0 saturated heterocycles. The molecule has 0 aliphatic heterocycles. The number of carbonyl (C=O) groups excluding carboxylic acids is 3. The van der Waals surface area contributed by atoms with Crippen LogP contribution in [0.4, 0.5) is 4.79 Å². The van der Waals surface area contributed by atoms with Gasteiger partial charge in [0.25, 0.3) is 0 Å². The average Bonchev–Trinajstić information content (AvgIpc) is 3.12. The predicted octanol–water partition coefficient (Wildman–Crippen LogP) is 6.29. The Labute approximate surface area is 313 Å². The lowest BCUT2D eigenvalue weighted by atomic mass is 10.0. The highest BCUT2D eigenvalue weighted by atomic mass is 16.7. The van der Waals surface area contributed by atoms with E-state index in [2.05, 4.69) is 5.32 Å². The van der Waals surface area contributed by atoms with E-state index in [1.807, 2.05) is 139 Å². The normalized spacial score (nSPS) is 12.8. The standard InChI is InChI=1S/C42H55N5O6/c1-8-51-40(52-9-2)30(3)46(28-34-20-15-19-33-18-13-14-21-36(33)34)39(49)37(26-31-22-24-35(25-23-31)53-42(4,5)6)44-38(48)29-45(7)47(41(43)50)27-32-16-11-10-12-17-32/h10-25,30,37,40H,8-9,26-29H2,1-7H3,(H2,43,50)(H,44,48)/t30-,37-/m0/s1. The Bertz CT molecular complexity index is 1770. The number of nitrogens with zero attached hydrogens (tertiary/aromatic N) is 3. The van der Waals surface area contributed by atoms with Crippen LogP contribution in [0, 0.1) is 0 Å². The van der Waals surface area contributed by atoms with E-state index in [1.54, 1.807) is 11.9 Å². The number of nitrogens with one attached hydrogen (secondary N) is 1. The van der Waals surface area contributed by atoms with E-state index < -0.39 is 30.3 Å². The summed E-state index contributed by atoms with van der Waals surface area (Å²) >= 11 is 0. The zero-order valence-corrected chi connectivity index (χ0v) is 32.1. The van der Waals surface area contributed by atoms with Crippen molar-refractivity contribution in [3.8, 4) is 5.75 Å². The number of benzene rings is 4. The summed E-state index contributed by atoms with van der Waals surface area (Å²) in [6.07, 6.45) is -0.511. The minimum absolute atomic E-state index is 0.178. The minimum atomic E-state index is -0.984. The Morgan fingerprint density at radius 1 is 0.792 bits per heavy atom. The zero-order valence-electron chi connectivity index (χ0n) is 32.1. The van der Waals surface area contributed by atoms with Crippen LogP contribution >= 0.6 is 0 Å². The van der Waals surface area contributed by atoms with Gasteiger partial charge in [-0.05, 0) is 81.1 Å². The Balaban J connectivity index is 1.68. The van der Waals surface area contributed by atoms with Gasteiger partial charge in [-0.15, -0.1) is 0 Å². The Kier molecular flexibility index (Phi) is 14.8. The molecule has 0 aliphatic rings. The van der Waals surface area contributed by atoms with Crippen molar-refractivity contribution in [1.82, 2.24) is 20.2 Å². The fourth-order valence-corrected chi connectivity index (χ4v) is 6.18. The number of hydrogen-bond acceptors (Lipinski definition) is 7. The van der Waals surface area contributed by atoms with Crippen LogP contribution in [0.25, 0.3) is 10.8 Å². The van der Waals surface area contributed by atoms with Gasteiger partial charge >= 0.3 is 6.03 Å². The molecule has 11 nitrogen and oxygen atoms in total. The second-order valence-electron chi connectivity index (χ2n) is 14.0. The van der Waals surface area contributed by atoms with Crippen LogP contribution in [-0.4, -0.2) is 83.5 Å². The highest BCUT2D eigenvalue weighted by Crippen LogP contribution is 2.24. The molecule has 3 N–H and O–H groups in total. The first-order chi connectivity index (χ1) is 25.3. The SMILES string of the molecule is CCOC(OCC)[C@H](C)N(Cc1cccc2ccccc12)C(=O)[C@H](Cc1ccc(OC(C)(C)C)cc1)NC(=O)CN(C)N(Cc1ccccc1)C(N)=O. The molecule has 4 aromatic rings. The Hall–Kier alpha value is -4.97. The highest BCUT2D eigenvalue weighted by molar-refractivity contribution is 5.90. The summed E-state index contributed by atoms with van der Waals surface area (Å²) in [5.41, 5.74) is 7.98. The number of carbonyl (C=O) groups is 3. The number of fused-ring (bicyclic) bond motifs is 1. The number of ether oxygens (including phenoxy) is 3. The lowest BCUT2D eigenvalue weighted by Crippen LogP contribution is -2.57. The van der Waals surface area contributed by atoms with E-state index in [-0.39, 0.29) is 37.6 Å². The van der Waals surface area contributed by atoms with Crippen molar-refractivity contribution < 1.29 is 28.6 Å². The summed E-state index contributed by atoms with van der Waals surface area (Å²) in [7, 11) is 1.61. The summed E-state index contributed by atoms with van der Waals surface area (Å²) in [6.45, 7) is 12.6. The monoisotopic (exact) mass is 725 g/mol. The minimum Gasteiger partial charge on any atom is -0.488 e. The number of primary amides is 1. The van der Waals surface area contributed by atoms with E-state index in [9.17, 15) is 14.4 Å². The fourth-order valence-electron chi connectivity index (χ4n) is 6.18. The number of hydrogen-bond donors (Lipinski definition) is 2. The number of rotatable bonds is 18. The molecule has 0 radical (unpaired) electrons. The van der Waals surface area contributed by atoms with Gasteiger partial charge in [0.1, 0.15) is 17.4 Å². The van der Waals surface area contributed by atoms with Crippen LogP contribution in [-0.2, 0) is 38.6 Å². The second kappa shape index (κ2) is 19.2. The van der Waals surface area contributed by atoms with Crippen LogP contribution in [0.2, 0.25) is 0 Å². The quantitative estimate of drug-likeness (QED) is 0.0913. The molecule has 4 rings (SSSR count). The van der Waals surface area contributed by atoms with Gasteiger partial charge in [-0.3, -0.25) is 14.6 Å². The third kappa shape index (κ3) is 12.0. The second-order valence-corrected chi connectivity index (χ2v) is 14.0. The first-order valence-corrected chi connectivity index (χ1v) is 18.2. The maximum Gasteiger partial charge on any atom is 0.329 e. The number of nitrogens with two attached hydrogens (primary N) is 1. The molecule has 0 bridgehead atoms. The van der Waals surface area contributed by atoms with Crippen molar-refractivity contribution in [2.75, 3.05) is 26.8 Å².